The topological polar surface area (TPSA) is 71.3 Å². The minimum atomic E-state index is -0.261. The zero-order valence-electron chi connectivity index (χ0n) is 15.2. The molecule has 1 aliphatic heterocycles. The Morgan fingerprint density at radius 2 is 2.07 bits per heavy atom. The van der Waals surface area contributed by atoms with Crippen LogP contribution in [0.4, 0.5) is 5.69 Å². The number of carbonyl (C=O) groups is 1. The molecule has 1 N–H and O–H groups in total. The van der Waals surface area contributed by atoms with Crippen molar-refractivity contribution in [3.05, 3.63) is 52.0 Å². The number of amides is 1. The molecule has 0 aliphatic carbocycles. The quantitative estimate of drug-likeness (QED) is 0.588. The highest BCUT2D eigenvalue weighted by Gasteiger charge is 2.19. The van der Waals surface area contributed by atoms with E-state index in [0.717, 1.165) is 17.2 Å². The molecule has 0 aromatic heterocycles. The molecule has 0 atom stereocenters. The molecule has 1 fully saturated rings. The van der Waals surface area contributed by atoms with Crippen LogP contribution < -0.4 is 14.8 Å². The summed E-state index contributed by atoms with van der Waals surface area (Å²) >= 11 is 7.23. The van der Waals surface area contributed by atoms with Crippen molar-refractivity contribution in [2.75, 3.05) is 30.0 Å². The van der Waals surface area contributed by atoms with E-state index >= 15 is 0 Å². The Labute approximate surface area is 181 Å². The Balaban J connectivity index is 1.65. The Hall–Kier alpha value is -1.82. The lowest BCUT2D eigenvalue weighted by molar-refractivity contribution is -0.118. The van der Waals surface area contributed by atoms with Crippen LogP contribution in [0.1, 0.15) is 22.6 Å². The van der Waals surface area contributed by atoms with Crippen LogP contribution in [0.5, 0.6) is 11.5 Å². The van der Waals surface area contributed by atoms with Crippen LogP contribution in [0, 0.1) is 11.3 Å². The molecule has 0 saturated carbocycles. The minimum absolute atomic E-state index is 0.165. The van der Waals surface area contributed by atoms with Crippen molar-refractivity contribution >= 4 is 51.0 Å². The third-order valence-corrected chi connectivity index (χ3v) is 7.54. The van der Waals surface area contributed by atoms with Gasteiger partial charge in [-0.1, -0.05) is 12.1 Å². The molecule has 0 spiro atoms. The van der Waals surface area contributed by atoms with Crippen LogP contribution in [0.25, 0.3) is 0 Å². The van der Waals surface area contributed by atoms with Crippen LogP contribution in [0.3, 0.4) is 0 Å². The molecule has 1 amide bonds. The first kappa shape index (κ1) is 20.9. The summed E-state index contributed by atoms with van der Waals surface area (Å²) in [6.45, 7) is 2.10. The Bertz CT molecular complexity index is 896. The predicted molar refractivity (Wildman–Crippen MR) is 118 cm³/mol. The van der Waals surface area contributed by atoms with Gasteiger partial charge in [0.2, 0.25) is 0 Å². The van der Waals surface area contributed by atoms with Crippen molar-refractivity contribution in [2.45, 2.75) is 11.5 Å². The van der Waals surface area contributed by atoms with Gasteiger partial charge in [0, 0.05) is 23.3 Å². The molecule has 146 valence electrons. The fourth-order valence-electron chi connectivity index (χ4n) is 2.68. The first-order valence-electron chi connectivity index (χ1n) is 8.73. The number of nitrogens with one attached hydrogen (secondary N) is 1. The maximum Gasteiger partial charge on any atom is 0.262 e. The van der Waals surface area contributed by atoms with E-state index in [1.54, 1.807) is 12.1 Å². The van der Waals surface area contributed by atoms with E-state index in [-0.39, 0.29) is 12.5 Å². The van der Waals surface area contributed by atoms with E-state index in [0.29, 0.717) is 32.7 Å². The Morgan fingerprint density at radius 3 is 2.79 bits per heavy atom. The molecule has 8 heteroatoms. The van der Waals surface area contributed by atoms with E-state index < -0.39 is 0 Å². The number of nitrogens with zero attached hydrogens (tertiary/aromatic N) is 1. The number of halogens is 1. The lowest BCUT2D eigenvalue weighted by atomic mass is 10.2. The second kappa shape index (κ2) is 10.1. The standard InChI is InChI=1S/C20H19BrN2O3S2/c1-2-25-17-9-13(11-22)8-16(21)19(17)26-12-18(24)23-15-5-3-4-14(10-15)20-27-6-7-28-20/h3-5,8-10,20H,2,6-7,12H2,1H3,(H,23,24). The first-order chi connectivity index (χ1) is 13.6. The molecule has 1 heterocycles. The van der Waals surface area contributed by atoms with Crippen LogP contribution in [-0.2, 0) is 4.79 Å². The summed E-state index contributed by atoms with van der Waals surface area (Å²) in [5, 5.41) is 12.0. The third kappa shape index (κ3) is 5.37. The molecule has 28 heavy (non-hydrogen) atoms. The number of anilines is 1. The Kier molecular flexibility index (Phi) is 7.54. The predicted octanol–water partition coefficient (Wildman–Crippen LogP) is 5.22. The molecule has 1 aliphatic rings. The number of ether oxygens (including phenoxy) is 2. The summed E-state index contributed by atoms with van der Waals surface area (Å²) in [6.07, 6.45) is 0. The van der Waals surface area contributed by atoms with Crippen LogP contribution in [0.15, 0.2) is 40.9 Å². The van der Waals surface area contributed by atoms with Gasteiger partial charge in [-0.2, -0.15) is 5.26 Å². The van der Waals surface area contributed by atoms with Crippen molar-refractivity contribution in [3.63, 3.8) is 0 Å². The van der Waals surface area contributed by atoms with Crippen molar-refractivity contribution in [1.29, 1.82) is 5.26 Å². The largest absolute Gasteiger partial charge is 0.490 e. The zero-order chi connectivity index (χ0) is 19.9. The zero-order valence-corrected chi connectivity index (χ0v) is 18.5. The number of thioether (sulfide) groups is 2. The highest BCUT2D eigenvalue weighted by Crippen LogP contribution is 2.45. The molecule has 3 rings (SSSR count). The molecule has 2 aromatic rings. The van der Waals surface area contributed by atoms with E-state index in [4.69, 9.17) is 14.7 Å². The molecule has 1 saturated heterocycles. The van der Waals surface area contributed by atoms with Gasteiger partial charge in [-0.15, -0.1) is 23.5 Å². The average Bonchev–Trinajstić information content (AvgIpc) is 3.22. The molecule has 2 aromatic carbocycles. The lowest BCUT2D eigenvalue weighted by Gasteiger charge is -2.14. The number of benzene rings is 2. The smallest absolute Gasteiger partial charge is 0.262 e. The van der Waals surface area contributed by atoms with E-state index in [9.17, 15) is 4.79 Å². The molecule has 0 radical (unpaired) electrons. The third-order valence-electron chi connectivity index (χ3n) is 3.85. The lowest BCUT2D eigenvalue weighted by Crippen LogP contribution is -2.20. The van der Waals surface area contributed by atoms with Crippen molar-refractivity contribution in [3.8, 4) is 17.6 Å². The summed E-state index contributed by atoms with van der Waals surface area (Å²) < 4.78 is 12.2. The second-order valence-electron chi connectivity index (χ2n) is 5.87. The number of nitriles is 1. The monoisotopic (exact) mass is 478 g/mol. The summed E-state index contributed by atoms with van der Waals surface area (Å²) in [5.74, 6) is 2.88. The maximum absolute atomic E-state index is 12.4. The Morgan fingerprint density at radius 1 is 1.29 bits per heavy atom. The second-order valence-corrected chi connectivity index (χ2v) is 9.44. The number of hydrogen-bond acceptors (Lipinski definition) is 6. The molecule has 5 nitrogen and oxygen atoms in total. The summed E-state index contributed by atoms with van der Waals surface area (Å²) in [6, 6.07) is 13.2. The summed E-state index contributed by atoms with van der Waals surface area (Å²) in [7, 11) is 0. The molecule has 0 unspecified atom stereocenters. The van der Waals surface area contributed by atoms with Gasteiger partial charge in [0.1, 0.15) is 0 Å². The number of hydrogen-bond donors (Lipinski definition) is 1. The summed E-state index contributed by atoms with van der Waals surface area (Å²) in [5.41, 5.74) is 2.41. The van der Waals surface area contributed by atoms with E-state index in [1.165, 1.54) is 5.56 Å². The van der Waals surface area contributed by atoms with Gasteiger partial charge in [-0.3, -0.25) is 4.79 Å². The van der Waals surface area contributed by atoms with Gasteiger partial charge in [0.15, 0.2) is 18.1 Å². The first-order valence-corrected chi connectivity index (χ1v) is 11.6. The molecular weight excluding hydrogens is 460 g/mol. The van der Waals surface area contributed by atoms with E-state index in [2.05, 4.69) is 33.4 Å². The van der Waals surface area contributed by atoms with Crippen molar-refractivity contribution in [1.82, 2.24) is 0 Å². The van der Waals surface area contributed by atoms with Gasteiger partial charge >= 0.3 is 0 Å². The fraction of sp³-hybridized carbons (Fsp3) is 0.300. The molecular formula is C20H19BrN2O3S2. The average molecular weight is 479 g/mol. The van der Waals surface area contributed by atoms with Crippen LogP contribution in [0.2, 0.25) is 0 Å². The van der Waals surface area contributed by atoms with Crippen molar-refractivity contribution in [2.24, 2.45) is 0 Å². The highest BCUT2D eigenvalue weighted by atomic mass is 79.9. The SMILES string of the molecule is CCOc1cc(C#N)cc(Br)c1OCC(=O)Nc1cccc(C2SCCS2)c1. The van der Waals surface area contributed by atoms with Crippen molar-refractivity contribution < 1.29 is 14.3 Å². The number of rotatable bonds is 7. The van der Waals surface area contributed by atoms with Gasteiger partial charge in [0.25, 0.3) is 5.91 Å². The molecule has 0 bridgehead atoms. The maximum atomic E-state index is 12.4. The van der Waals surface area contributed by atoms with Gasteiger partial charge in [-0.25, -0.2) is 0 Å². The van der Waals surface area contributed by atoms with Gasteiger partial charge in [0.05, 0.1) is 27.3 Å². The van der Waals surface area contributed by atoms with Crippen LogP contribution in [-0.4, -0.2) is 30.6 Å². The fourth-order valence-corrected chi connectivity index (χ4v) is 6.08. The normalized spacial score (nSPS) is 13.8. The van der Waals surface area contributed by atoms with Gasteiger partial charge in [-0.05, 0) is 46.6 Å². The number of carbonyl (C=O) groups excluding carboxylic acids is 1. The summed E-state index contributed by atoms with van der Waals surface area (Å²) in [4.78, 5) is 12.4. The van der Waals surface area contributed by atoms with E-state index in [1.807, 2.05) is 48.6 Å². The van der Waals surface area contributed by atoms with Gasteiger partial charge < -0.3 is 14.8 Å². The highest BCUT2D eigenvalue weighted by molar-refractivity contribution is 9.10. The van der Waals surface area contributed by atoms with Crippen LogP contribution >= 0.6 is 39.5 Å². The minimum Gasteiger partial charge on any atom is -0.490 e.